The first kappa shape index (κ1) is 9.98. The van der Waals surface area contributed by atoms with Crippen molar-refractivity contribution in [2.75, 3.05) is 13.1 Å². The van der Waals surface area contributed by atoms with Gasteiger partial charge in [-0.1, -0.05) is 6.92 Å². The zero-order valence-corrected chi connectivity index (χ0v) is 7.69. The number of primary amides is 1. The molecule has 1 rings (SSSR count). The summed E-state index contributed by atoms with van der Waals surface area (Å²) in [7, 11) is 0. The molecule has 0 saturated carbocycles. The summed E-state index contributed by atoms with van der Waals surface area (Å²) in [5.41, 5.74) is 10.4. The van der Waals surface area contributed by atoms with Gasteiger partial charge in [0, 0.05) is 6.54 Å². The predicted octanol–water partition coefficient (Wildman–Crippen LogP) is -1.33. The molecule has 1 aliphatic rings. The third-order valence-electron chi connectivity index (χ3n) is 2.49. The van der Waals surface area contributed by atoms with Crippen molar-refractivity contribution < 1.29 is 9.59 Å². The second-order valence-corrected chi connectivity index (χ2v) is 3.40. The maximum atomic E-state index is 11.3. The fourth-order valence-electron chi connectivity index (χ4n) is 1.78. The van der Waals surface area contributed by atoms with Crippen LogP contribution in [0.4, 0.5) is 0 Å². The van der Waals surface area contributed by atoms with Crippen LogP contribution in [0.25, 0.3) is 0 Å². The Kier molecular flexibility index (Phi) is 2.87. The number of carbonyl (C=O) groups excluding carboxylic acids is 2. The summed E-state index contributed by atoms with van der Waals surface area (Å²) >= 11 is 0. The van der Waals surface area contributed by atoms with Crippen molar-refractivity contribution in [1.29, 1.82) is 0 Å². The van der Waals surface area contributed by atoms with Crippen LogP contribution in [0.2, 0.25) is 0 Å². The summed E-state index contributed by atoms with van der Waals surface area (Å²) < 4.78 is 0. The first-order valence-corrected chi connectivity index (χ1v) is 4.36. The molecular formula is C8H15N3O2. The Bertz CT molecular complexity index is 229. The molecule has 2 amide bonds. The topological polar surface area (TPSA) is 89.4 Å². The fraction of sp³-hybridized carbons (Fsp3) is 0.750. The van der Waals surface area contributed by atoms with Crippen molar-refractivity contribution in [3.8, 4) is 0 Å². The summed E-state index contributed by atoms with van der Waals surface area (Å²) in [4.78, 5) is 23.8. The van der Waals surface area contributed by atoms with Crippen LogP contribution in [-0.4, -0.2) is 35.8 Å². The second-order valence-electron chi connectivity index (χ2n) is 3.40. The molecule has 1 aliphatic heterocycles. The van der Waals surface area contributed by atoms with Crippen molar-refractivity contribution in [3.05, 3.63) is 0 Å². The predicted molar refractivity (Wildman–Crippen MR) is 47.5 cm³/mol. The Hall–Kier alpha value is -1.10. The van der Waals surface area contributed by atoms with Gasteiger partial charge in [0.15, 0.2) is 0 Å². The van der Waals surface area contributed by atoms with Crippen molar-refractivity contribution in [1.82, 2.24) is 4.90 Å². The van der Waals surface area contributed by atoms with Crippen LogP contribution in [0.15, 0.2) is 0 Å². The zero-order valence-electron chi connectivity index (χ0n) is 7.69. The third-order valence-corrected chi connectivity index (χ3v) is 2.49. The summed E-state index contributed by atoms with van der Waals surface area (Å²) in [5, 5.41) is 0. The van der Waals surface area contributed by atoms with Crippen LogP contribution in [0.5, 0.6) is 0 Å². The third kappa shape index (κ3) is 1.80. The lowest BCUT2D eigenvalue weighted by Crippen LogP contribution is -2.48. The summed E-state index contributed by atoms with van der Waals surface area (Å²) in [5.74, 6) is -0.493. The normalized spacial score (nSPS) is 27.7. The molecule has 74 valence electrons. The molecule has 0 spiro atoms. The van der Waals surface area contributed by atoms with E-state index in [1.54, 1.807) is 0 Å². The fourth-order valence-corrected chi connectivity index (χ4v) is 1.78. The van der Waals surface area contributed by atoms with Crippen molar-refractivity contribution in [3.63, 3.8) is 0 Å². The Balaban J connectivity index is 2.75. The van der Waals surface area contributed by atoms with Gasteiger partial charge < -0.3 is 16.4 Å². The van der Waals surface area contributed by atoms with E-state index in [-0.39, 0.29) is 18.4 Å². The minimum atomic E-state index is -0.462. The smallest absolute Gasteiger partial charge is 0.240 e. The number of hydrogen-bond donors (Lipinski definition) is 2. The molecule has 0 radical (unpaired) electrons. The summed E-state index contributed by atoms with van der Waals surface area (Å²) in [6, 6.07) is -0.462. The number of hydrogen-bond acceptors (Lipinski definition) is 3. The molecule has 1 fully saturated rings. The van der Waals surface area contributed by atoms with Gasteiger partial charge in [-0.3, -0.25) is 9.59 Å². The standard InChI is InChI=1S/C8H15N3O2/c1-5-2-3-11(6(12)4-9)7(5)8(10)13/h5,7H,2-4,9H2,1H3,(H2,10,13)/t5-,7+/m1/s1. The number of nitrogens with zero attached hydrogens (tertiary/aromatic N) is 1. The van der Waals surface area contributed by atoms with Gasteiger partial charge in [0.05, 0.1) is 6.54 Å². The van der Waals surface area contributed by atoms with Gasteiger partial charge in [-0.15, -0.1) is 0 Å². The van der Waals surface area contributed by atoms with Gasteiger partial charge in [-0.2, -0.15) is 0 Å². The molecule has 0 bridgehead atoms. The van der Waals surface area contributed by atoms with Crippen LogP contribution in [0, 0.1) is 5.92 Å². The monoisotopic (exact) mass is 185 g/mol. The Morgan fingerprint density at radius 2 is 2.15 bits per heavy atom. The van der Waals surface area contributed by atoms with E-state index in [2.05, 4.69) is 0 Å². The van der Waals surface area contributed by atoms with E-state index in [1.807, 2.05) is 6.92 Å². The van der Waals surface area contributed by atoms with Crippen LogP contribution in [0.1, 0.15) is 13.3 Å². The summed E-state index contributed by atoms with van der Waals surface area (Å²) in [6.07, 6.45) is 0.819. The van der Waals surface area contributed by atoms with Crippen LogP contribution in [-0.2, 0) is 9.59 Å². The van der Waals surface area contributed by atoms with E-state index in [0.29, 0.717) is 6.54 Å². The van der Waals surface area contributed by atoms with Crippen LogP contribution in [0.3, 0.4) is 0 Å². The van der Waals surface area contributed by atoms with E-state index in [9.17, 15) is 9.59 Å². The van der Waals surface area contributed by atoms with Gasteiger partial charge >= 0.3 is 0 Å². The molecule has 0 aliphatic carbocycles. The molecule has 1 heterocycles. The van der Waals surface area contributed by atoms with E-state index in [4.69, 9.17) is 11.5 Å². The van der Waals surface area contributed by atoms with E-state index < -0.39 is 11.9 Å². The molecule has 4 N–H and O–H groups in total. The highest BCUT2D eigenvalue weighted by Crippen LogP contribution is 2.23. The molecule has 1 saturated heterocycles. The Morgan fingerprint density at radius 1 is 1.54 bits per heavy atom. The molecule has 2 atom stereocenters. The second kappa shape index (κ2) is 3.74. The average Bonchev–Trinajstić information content (AvgIpc) is 2.45. The lowest BCUT2D eigenvalue weighted by atomic mass is 10.0. The zero-order chi connectivity index (χ0) is 10.0. The molecule has 0 aromatic heterocycles. The van der Waals surface area contributed by atoms with E-state index in [0.717, 1.165) is 6.42 Å². The molecule has 0 aromatic rings. The average molecular weight is 185 g/mol. The minimum Gasteiger partial charge on any atom is -0.368 e. The highest BCUT2D eigenvalue weighted by Gasteiger charge is 2.37. The van der Waals surface area contributed by atoms with Crippen LogP contribution < -0.4 is 11.5 Å². The highest BCUT2D eigenvalue weighted by atomic mass is 16.2. The first-order valence-electron chi connectivity index (χ1n) is 4.36. The lowest BCUT2D eigenvalue weighted by molar-refractivity contribution is -0.136. The Morgan fingerprint density at radius 3 is 2.62 bits per heavy atom. The van der Waals surface area contributed by atoms with Crippen molar-refractivity contribution in [2.45, 2.75) is 19.4 Å². The van der Waals surface area contributed by atoms with E-state index >= 15 is 0 Å². The number of nitrogens with two attached hydrogens (primary N) is 2. The molecule has 5 heteroatoms. The lowest BCUT2D eigenvalue weighted by Gasteiger charge is -2.23. The first-order chi connectivity index (χ1) is 6.07. The van der Waals surface area contributed by atoms with Gasteiger partial charge in [0.25, 0.3) is 0 Å². The SMILES string of the molecule is C[C@@H]1CCN(C(=O)CN)[C@@H]1C(N)=O. The van der Waals surface area contributed by atoms with Gasteiger partial charge in [-0.05, 0) is 12.3 Å². The maximum absolute atomic E-state index is 11.3. The number of rotatable bonds is 2. The van der Waals surface area contributed by atoms with Gasteiger partial charge in [-0.25, -0.2) is 0 Å². The molecule has 5 nitrogen and oxygen atoms in total. The van der Waals surface area contributed by atoms with Crippen molar-refractivity contribution in [2.24, 2.45) is 17.4 Å². The quantitative estimate of drug-likeness (QED) is 0.558. The maximum Gasteiger partial charge on any atom is 0.240 e. The number of amides is 2. The molecule has 13 heavy (non-hydrogen) atoms. The van der Waals surface area contributed by atoms with E-state index in [1.165, 1.54) is 4.90 Å². The van der Waals surface area contributed by atoms with Crippen molar-refractivity contribution >= 4 is 11.8 Å². The van der Waals surface area contributed by atoms with Gasteiger partial charge in [0.1, 0.15) is 6.04 Å². The largest absolute Gasteiger partial charge is 0.368 e. The number of likely N-dealkylation sites (tertiary alicyclic amines) is 1. The molecule has 0 aromatic carbocycles. The highest BCUT2D eigenvalue weighted by molar-refractivity contribution is 5.88. The van der Waals surface area contributed by atoms with Gasteiger partial charge in [0.2, 0.25) is 11.8 Å². The Labute approximate surface area is 77.1 Å². The van der Waals surface area contributed by atoms with Crippen LogP contribution >= 0.6 is 0 Å². The molecular weight excluding hydrogens is 170 g/mol. The minimum absolute atomic E-state index is 0.0590. The molecule has 0 unspecified atom stereocenters. The number of carbonyl (C=O) groups is 2. The summed E-state index contributed by atoms with van der Waals surface area (Å²) in [6.45, 7) is 2.44.